The van der Waals surface area contributed by atoms with Crippen LogP contribution in [0.5, 0.6) is 11.5 Å². The monoisotopic (exact) mass is 447 g/mol. The van der Waals surface area contributed by atoms with Crippen LogP contribution >= 0.6 is 0 Å². The first-order valence-electron chi connectivity index (χ1n) is 9.60. The molecule has 2 amide bonds. The molecule has 0 unspecified atom stereocenters. The Bertz CT molecular complexity index is 1060. The van der Waals surface area contributed by atoms with Crippen LogP contribution < -0.4 is 14.2 Å². The summed E-state index contributed by atoms with van der Waals surface area (Å²) < 4.78 is 35.4. The number of hydrogen-bond acceptors (Lipinski definition) is 6. The van der Waals surface area contributed by atoms with E-state index in [4.69, 9.17) is 9.47 Å². The number of nitrogens with zero attached hydrogens (tertiary/aromatic N) is 2. The number of ether oxygens (including phenoxy) is 2. The van der Waals surface area contributed by atoms with Gasteiger partial charge in [0.2, 0.25) is 10.0 Å². The molecule has 3 rings (SSSR count). The number of piperazine rings is 1. The molecule has 0 bridgehead atoms. The van der Waals surface area contributed by atoms with Gasteiger partial charge in [0, 0.05) is 43.0 Å². The molecule has 0 spiro atoms. The molecule has 0 atom stereocenters. The number of hydrogen-bond donors (Lipinski definition) is 1. The van der Waals surface area contributed by atoms with Crippen LogP contribution in [0.4, 0.5) is 5.69 Å². The van der Waals surface area contributed by atoms with Gasteiger partial charge in [-0.15, -0.1) is 0 Å². The molecule has 10 heteroatoms. The molecule has 1 heterocycles. The van der Waals surface area contributed by atoms with Crippen LogP contribution in [0.2, 0.25) is 0 Å². The zero-order valence-corrected chi connectivity index (χ0v) is 18.4. The van der Waals surface area contributed by atoms with Crippen LogP contribution in [0.3, 0.4) is 0 Å². The Morgan fingerprint density at radius 3 is 1.77 bits per heavy atom. The minimum absolute atomic E-state index is 0.135. The summed E-state index contributed by atoms with van der Waals surface area (Å²) in [5.74, 6) is 0.733. The van der Waals surface area contributed by atoms with Crippen molar-refractivity contribution >= 4 is 27.5 Å². The van der Waals surface area contributed by atoms with Crippen LogP contribution in [0.15, 0.2) is 42.5 Å². The van der Waals surface area contributed by atoms with Crippen molar-refractivity contribution < 1.29 is 27.5 Å². The largest absolute Gasteiger partial charge is 0.493 e. The molecule has 31 heavy (non-hydrogen) atoms. The number of amides is 2. The molecule has 2 aromatic carbocycles. The first-order valence-corrected chi connectivity index (χ1v) is 11.5. The lowest BCUT2D eigenvalue weighted by Gasteiger charge is -2.35. The molecule has 1 aliphatic rings. The van der Waals surface area contributed by atoms with Crippen LogP contribution in [0.25, 0.3) is 0 Å². The van der Waals surface area contributed by atoms with Gasteiger partial charge in [0.1, 0.15) is 0 Å². The summed E-state index contributed by atoms with van der Waals surface area (Å²) in [6.45, 7) is 1.63. The third-order valence-electron chi connectivity index (χ3n) is 4.92. The fourth-order valence-electron chi connectivity index (χ4n) is 3.34. The van der Waals surface area contributed by atoms with Gasteiger partial charge in [-0.3, -0.25) is 14.3 Å². The van der Waals surface area contributed by atoms with E-state index in [0.29, 0.717) is 54.5 Å². The van der Waals surface area contributed by atoms with Gasteiger partial charge >= 0.3 is 0 Å². The van der Waals surface area contributed by atoms with Crippen molar-refractivity contribution in [2.75, 3.05) is 51.4 Å². The number of carbonyl (C=O) groups excluding carboxylic acids is 2. The Labute approximate surface area is 181 Å². The quantitative estimate of drug-likeness (QED) is 0.722. The minimum Gasteiger partial charge on any atom is -0.493 e. The average Bonchev–Trinajstić information content (AvgIpc) is 2.77. The number of nitrogens with one attached hydrogen (secondary N) is 1. The number of rotatable bonds is 6. The van der Waals surface area contributed by atoms with Crippen molar-refractivity contribution in [3.8, 4) is 11.5 Å². The van der Waals surface area contributed by atoms with Crippen molar-refractivity contribution in [1.29, 1.82) is 0 Å². The third kappa shape index (κ3) is 5.46. The maximum absolute atomic E-state index is 12.8. The highest BCUT2D eigenvalue weighted by molar-refractivity contribution is 7.92. The first kappa shape index (κ1) is 22.4. The second kappa shape index (κ2) is 9.25. The van der Waals surface area contributed by atoms with Gasteiger partial charge in [0.05, 0.1) is 20.5 Å². The Balaban J connectivity index is 1.61. The third-order valence-corrected chi connectivity index (χ3v) is 5.53. The van der Waals surface area contributed by atoms with Crippen molar-refractivity contribution in [1.82, 2.24) is 9.80 Å². The van der Waals surface area contributed by atoms with Crippen LogP contribution in [0, 0.1) is 0 Å². The van der Waals surface area contributed by atoms with Crippen molar-refractivity contribution in [2.45, 2.75) is 0 Å². The van der Waals surface area contributed by atoms with E-state index in [-0.39, 0.29) is 11.8 Å². The van der Waals surface area contributed by atoms with E-state index >= 15 is 0 Å². The average molecular weight is 448 g/mol. The van der Waals surface area contributed by atoms with E-state index in [1.54, 1.807) is 52.3 Å². The molecule has 1 saturated heterocycles. The maximum Gasteiger partial charge on any atom is 0.254 e. The lowest BCUT2D eigenvalue weighted by atomic mass is 10.1. The molecule has 1 N–H and O–H groups in total. The molecular weight excluding hydrogens is 422 g/mol. The van der Waals surface area contributed by atoms with Gasteiger partial charge in [-0.05, 0) is 42.5 Å². The van der Waals surface area contributed by atoms with Gasteiger partial charge in [-0.25, -0.2) is 8.42 Å². The lowest BCUT2D eigenvalue weighted by Crippen LogP contribution is -2.50. The predicted molar refractivity (Wildman–Crippen MR) is 116 cm³/mol. The Kier molecular flexibility index (Phi) is 6.69. The van der Waals surface area contributed by atoms with E-state index in [1.165, 1.54) is 14.2 Å². The van der Waals surface area contributed by atoms with Crippen LogP contribution in [-0.2, 0) is 10.0 Å². The van der Waals surface area contributed by atoms with Crippen LogP contribution in [-0.4, -0.2) is 76.7 Å². The molecular formula is C21H25N3O6S. The molecule has 0 saturated carbocycles. The zero-order valence-electron chi connectivity index (χ0n) is 17.6. The van der Waals surface area contributed by atoms with Crippen LogP contribution in [0.1, 0.15) is 20.7 Å². The zero-order chi connectivity index (χ0) is 22.6. The molecule has 0 radical (unpaired) electrons. The normalized spacial score (nSPS) is 14.2. The smallest absolute Gasteiger partial charge is 0.254 e. The predicted octanol–water partition coefficient (Wildman–Crippen LogP) is 1.67. The number of carbonyl (C=O) groups is 2. The Morgan fingerprint density at radius 2 is 1.29 bits per heavy atom. The summed E-state index contributed by atoms with van der Waals surface area (Å²) in [5.41, 5.74) is 1.34. The van der Waals surface area contributed by atoms with E-state index in [0.717, 1.165) is 6.26 Å². The number of sulfonamides is 1. The van der Waals surface area contributed by atoms with Gasteiger partial charge in [0.25, 0.3) is 11.8 Å². The topological polar surface area (TPSA) is 105 Å². The molecule has 9 nitrogen and oxygen atoms in total. The molecule has 166 valence electrons. The molecule has 1 aliphatic heterocycles. The summed E-state index contributed by atoms with van der Waals surface area (Å²) in [5, 5.41) is 0. The van der Waals surface area contributed by atoms with Gasteiger partial charge < -0.3 is 19.3 Å². The highest BCUT2D eigenvalue weighted by Gasteiger charge is 2.26. The fourth-order valence-corrected chi connectivity index (χ4v) is 3.91. The highest BCUT2D eigenvalue weighted by Crippen LogP contribution is 2.28. The van der Waals surface area contributed by atoms with E-state index in [9.17, 15) is 18.0 Å². The lowest BCUT2D eigenvalue weighted by molar-refractivity contribution is 0.0535. The standard InChI is InChI=1S/C21H25N3O6S/c1-29-18-9-6-16(14-19(18)30-2)21(26)24-12-10-23(11-13-24)20(25)15-4-7-17(8-5-15)22-31(3,27)28/h4-9,14,22H,10-13H2,1-3H3. The molecule has 0 aliphatic carbocycles. The number of benzene rings is 2. The van der Waals surface area contributed by atoms with Crippen molar-refractivity contribution in [2.24, 2.45) is 0 Å². The Hall–Kier alpha value is -3.27. The fraction of sp³-hybridized carbons (Fsp3) is 0.333. The molecule has 1 fully saturated rings. The highest BCUT2D eigenvalue weighted by atomic mass is 32.2. The first-order chi connectivity index (χ1) is 14.7. The summed E-state index contributed by atoms with van der Waals surface area (Å²) in [6.07, 6.45) is 1.06. The SMILES string of the molecule is COc1ccc(C(=O)N2CCN(C(=O)c3ccc(NS(C)(=O)=O)cc3)CC2)cc1OC. The van der Waals surface area contributed by atoms with E-state index in [1.807, 2.05) is 0 Å². The molecule has 2 aromatic rings. The maximum atomic E-state index is 12.8. The Morgan fingerprint density at radius 1 is 0.806 bits per heavy atom. The molecule has 0 aromatic heterocycles. The van der Waals surface area contributed by atoms with E-state index in [2.05, 4.69) is 4.72 Å². The number of methoxy groups -OCH3 is 2. The van der Waals surface area contributed by atoms with Crippen molar-refractivity contribution in [3.05, 3.63) is 53.6 Å². The summed E-state index contributed by atoms with van der Waals surface area (Å²) in [7, 11) is -0.327. The summed E-state index contributed by atoms with van der Waals surface area (Å²) in [4.78, 5) is 29.0. The van der Waals surface area contributed by atoms with Gasteiger partial charge in [-0.2, -0.15) is 0 Å². The van der Waals surface area contributed by atoms with E-state index < -0.39 is 10.0 Å². The van der Waals surface area contributed by atoms with Crippen molar-refractivity contribution in [3.63, 3.8) is 0 Å². The second-order valence-electron chi connectivity index (χ2n) is 7.11. The summed E-state index contributed by atoms with van der Waals surface area (Å²) >= 11 is 0. The summed E-state index contributed by atoms with van der Waals surface area (Å²) in [6, 6.07) is 11.3. The minimum atomic E-state index is -3.37. The van der Waals surface area contributed by atoms with Gasteiger partial charge in [0.15, 0.2) is 11.5 Å². The van der Waals surface area contributed by atoms with Gasteiger partial charge in [-0.1, -0.05) is 0 Å². The second-order valence-corrected chi connectivity index (χ2v) is 8.85. The number of anilines is 1.